The van der Waals surface area contributed by atoms with E-state index in [2.05, 4.69) is 0 Å². The van der Waals surface area contributed by atoms with Gasteiger partial charge in [-0.05, 0) is 18.9 Å². The minimum Gasteiger partial charge on any atom is -0.481 e. The Morgan fingerprint density at radius 2 is 1.87 bits per heavy atom. The molecule has 1 aromatic rings. The SMILES string of the molecule is CC.O=C(O)C1(c2ccccc2F)CC1. The molecule has 2 nitrogen and oxygen atoms in total. The quantitative estimate of drug-likeness (QED) is 0.814. The van der Waals surface area contributed by atoms with Gasteiger partial charge in [0.15, 0.2) is 0 Å². The van der Waals surface area contributed by atoms with Gasteiger partial charge in [-0.2, -0.15) is 0 Å². The molecule has 1 aromatic carbocycles. The van der Waals surface area contributed by atoms with Crippen LogP contribution >= 0.6 is 0 Å². The van der Waals surface area contributed by atoms with Crippen molar-refractivity contribution in [2.75, 3.05) is 0 Å². The number of hydrogen-bond donors (Lipinski definition) is 1. The third kappa shape index (κ3) is 2.01. The molecule has 1 aliphatic rings. The van der Waals surface area contributed by atoms with Gasteiger partial charge in [-0.15, -0.1) is 0 Å². The van der Waals surface area contributed by atoms with Crippen LogP contribution in [0.4, 0.5) is 4.39 Å². The number of carboxylic acids is 1. The van der Waals surface area contributed by atoms with E-state index in [0.717, 1.165) is 0 Å². The van der Waals surface area contributed by atoms with Crippen LogP contribution in [0.1, 0.15) is 32.3 Å². The maximum atomic E-state index is 13.2. The lowest BCUT2D eigenvalue weighted by Gasteiger charge is -2.10. The number of rotatable bonds is 2. The van der Waals surface area contributed by atoms with Gasteiger partial charge in [0.2, 0.25) is 0 Å². The fourth-order valence-corrected chi connectivity index (χ4v) is 1.57. The Morgan fingerprint density at radius 3 is 2.27 bits per heavy atom. The summed E-state index contributed by atoms with van der Waals surface area (Å²) < 4.78 is 13.2. The molecular weight excluding hydrogens is 195 g/mol. The molecule has 1 saturated carbocycles. The van der Waals surface area contributed by atoms with Crippen molar-refractivity contribution in [3.8, 4) is 0 Å². The predicted octanol–water partition coefficient (Wildman–Crippen LogP) is 2.97. The van der Waals surface area contributed by atoms with Crippen LogP contribution < -0.4 is 0 Å². The van der Waals surface area contributed by atoms with Crippen molar-refractivity contribution in [3.05, 3.63) is 35.6 Å². The summed E-state index contributed by atoms with van der Waals surface area (Å²) in [4.78, 5) is 10.9. The zero-order valence-corrected chi connectivity index (χ0v) is 8.96. The molecule has 0 bridgehead atoms. The Labute approximate surface area is 88.7 Å². The molecule has 1 aliphatic carbocycles. The van der Waals surface area contributed by atoms with Gasteiger partial charge in [-0.25, -0.2) is 4.39 Å². The highest BCUT2D eigenvalue weighted by atomic mass is 19.1. The van der Waals surface area contributed by atoms with Crippen molar-refractivity contribution in [2.45, 2.75) is 32.1 Å². The van der Waals surface area contributed by atoms with Gasteiger partial charge in [-0.3, -0.25) is 4.79 Å². The normalized spacial score (nSPS) is 16.2. The van der Waals surface area contributed by atoms with Crippen molar-refractivity contribution in [2.24, 2.45) is 0 Å². The van der Waals surface area contributed by atoms with Crippen LogP contribution in [0.3, 0.4) is 0 Å². The van der Waals surface area contributed by atoms with Crippen LogP contribution in [-0.2, 0) is 10.2 Å². The van der Waals surface area contributed by atoms with Gasteiger partial charge in [0.25, 0.3) is 0 Å². The van der Waals surface area contributed by atoms with E-state index in [-0.39, 0.29) is 0 Å². The predicted molar refractivity (Wildman–Crippen MR) is 56.3 cm³/mol. The second-order valence-electron chi connectivity index (χ2n) is 3.37. The third-order valence-corrected chi connectivity index (χ3v) is 2.55. The molecule has 0 spiro atoms. The summed E-state index contributed by atoms with van der Waals surface area (Å²) in [6.07, 6.45) is 1.09. The van der Waals surface area contributed by atoms with Gasteiger partial charge in [0.1, 0.15) is 5.82 Å². The number of carbonyl (C=O) groups is 1. The number of halogens is 1. The first-order chi connectivity index (χ1) is 7.17. The number of carboxylic acid groups (broad SMARTS) is 1. The van der Waals surface area contributed by atoms with Crippen LogP contribution in [0, 0.1) is 5.82 Å². The second kappa shape index (κ2) is 4.43. The highest BCUT2D eigenvalue weighted by molar-refractivity contribution is 5.84. The lowest BCUT2D eigenvalue weighted by atomic mass is 9.96. The van der Waals surface area contributed by atoms with Crippen molar-refractivity contribution in [1.29, 1.82) is 0 Å². The minimum absolute atomic E-state index is 0.322. The van der Waals surface area contributed by atoms with Gasteiger partial charge < -0.3 is 5.11 Å². The zero-order chi connectivity index (χ0) is 11.5. The third-order valence-electron chi connectivity index (χ3n) is 2.55. The van der Waals surface area contributed by atoms with Gasteiger partial charge in [-0.1, -0.05) is 32.0 Å². The largest absolute Gasteiger partial charge is 0.481 e. The lowest BCUT2D eigenvalue weighted by molar-refractivity contribution is -0.140. The Balaban J connectivity index is 0.000000531. The summed E-state index contributed by atoms with van der Waals surface area (Å²) in [5.74, 6) is -1.33. The Hall–Kier alpha value is -1.38. The molecule has 0 saturated heterocycles. The first-order valence-corrected chi connectivity index (χ1v) is 5.15. The van der Waals surface area contributed by atoms with Crippen LogP contribution in [0.15, 0.2) is 24.3 Å². The van der Waals surface area contributed by atoms with Crippen molar-refractivity contribution < 1.29 is 14.3 Å². The number of aliphatic carboxylic acids is 1. The summed E-state index contributed by atoms with van der Waals surface area (Å²) in [5.41, 5.74) is -0.603. The van der Waals surface area contributed by atoms with Crippen LogP contribution in [0.5, 0.6) is 0 Å². The second-order valence-corrected chi connectivity index (χ2v) is 3.37. The fourth-order valence-electron chi connectivity index (χ4n) is 1.57. The van der Waals surface area contributed by atoms with E-state index >= 15 is 0 Å². The summed E-state index contributed by atoms with van der Waals surface area (Å²) in [6.45, 7) is 4.00. The summed E-state index contributed by atoms with van der Waals surface area (Å²) in [7, 11) is 0. The van der Waals surface area contributed by atoms with Gasteiger partial charge >= 0.3 is 5.97 Å². The average molecular weight is 210 g/mol. The van der Waals surface area contributed by atoms with Crippen molar-refractivity contribution in [1.82, 2.24) is 0 Å². The molecule has 0 radical (unpaired) electrons. The van der Waals surface area contributed by atoms with E-state index in [1.807, 2.05) is 13.8 Å². The monoisotopic (exact) mass is 210 g/mol. The summed E-state index contributed by atoms with van der Waals surface area (Å²) >= 11 is 0. The maximum Gasteiger partial charge on any atom is 0.314 e. The van der Waals surface area contributed by atoms with Crippen LogP contribution in [0.2, 0.25) is 0 Å². The molecule has 1 N–H and O–H groups in total. The van der Waals surface area contributed by atoms with Crippen molar-refractivity contribution in [3.63, 3.8) is 0 Å². The molecular formula is C12H15FO2. The molecule has 0 atom stereocenters. The van der Waals surface area contributed by atoms with Crippen LogP contribution in [-0.4, -0.2) is 11.1 Å². The topological polar surface area (TPSA) is 37.3 Å². The number of benzene rings is 1. The van der Waals surface area contributed by atoms with Crippen molar-refractivity contribution >= 4 is 5.97 Å². The van der Waals surface area contributed by atoms with Crippen LogP contribution in [0.25, 0.3) is 0 Å². The molecule has 1 fully saturated rings. The fraction of sp³-hybridized carbons (Fsp3) is 0.417. The molecule has 0 aliphatic heterocycles. The first-order valence-electron chi connectivity index (χ1n) is 5.15. The maximum absolute atomic E-state index is 13.2. The Bertz CT molecular complexity index is 356. The minimum atomic E-state index is -0.925. The molecule has 3 heteroatoms. The van der Waals surface area contributed by atoms with E-state index in [1.54, 1.807) is 18.2 Å². The molecule has 0 heterocycles. The Morgan fingerprint density at radius 1 is 1.33 bits per heavy atom. The van der Waals surface area contributed by atoms with E-state index in [1.165, 1.54) is 6.07 Å². The number of hydrogen-bond acceptors (Lipinski definition) is 1. The first kappa shape index (κ1) is 11.7. The zero-order valence-electron chi connectivity index (χ0n) is 8.96. The molecule has 0 amide bonds. The van der Waals surface area contributed by atoms with Gasteiger partial charge in [0.05, 0.1) is 5.41 Å². The van der Waals surface area contributed by atoms with E-state index in [0.29, 0.717) is 18.4 Å². The molecule has 2 rings (SSSR count). The standard InChI is InChI=1S/C10H9FO2.C2H6/c11-8-4-2-1-3-7(8)10(5-6-10)9(12)13;1-2/h1-4H,5-6H2,(H,12,13);1-2H3. The van der Waals surface area contributed by atoms with Gasteiger partial charge in [0, 0.05) is 5.56 Å². The van der Waals surface area contributed by atoms with E-state index < -0.39 is 17.2 Å². The summed E-state index contributed by atoms with van der Waals surface area (Å²) in [6, 6.07) is 6.09. The Kier molecular flexibility index (Phi) is 3.45. The molecule has 15 heavy (non-hydrogen) atoms. The smallest absolute Gasteiger partial charge is 0.314 e. The van der Waals surface area contributed by atoms with E-state index in [9.17, 15) is 9.18 Å². The molecule has 0 aromatic heterocycles. The molecule has 0 unspecified atom stereocenters. The lowest BCUT2D eigenvalue weighted by Crippen LogP contribution is -2.20. The average Bonchev–Trinajstić information content (AvgIpc) is 3.02. The highest BCUT2D eigenvalue weighted by Crippen LogP contribution is 2.49. The molecule has 82 valence electrons. The highest BCUT2D eigenvalue weighted by Gasteiger charge is 2.53. The van der Waals surface area contributed by atoms with E-state index in [4.69, 9.17) is 5.11 Å². The summed E-state index contributed by atoms with van der Waals surface area (Å²) in [5, 5.41) is 8.91.